The fraction of sp³-hybridized carbons (Fsp3) is 0.370. The quantitative estimate of drug-likeness (QED) is 0.485. The summed E-state index contributed by atoms with van der Waals surface area (Å²) in [5, 5.41) is 4.91. The van der Waals surface area contributed by atoms with Gasteiger partial charge >= 0.3 is 0 Å². The Morgan fingerprint density at radius 1 is 1.09 bits per heavy atom. The highest BCUT2D eigenvalue weighted by Gasteiger charge is 2.20. The predicted molar refractivity (Wildman–Crippen MR) is 132 cm³/mol. The predicted octanol–water partition coefficient (Wildman–Crippen LogP) is 5.63. The summed E-state index contributed by atoms with van der Waals surface area (Å²) in [6.07, 6.45) is 2.35. The third kappa shape index (κ3) is 5.99. The Morgan fingerprint density at radius 2 is 1.81 bits per heavy atom. The minimum atomic E-state index is -0.0953. The van der Waals surface area contributed by atoms with Gasteiger partial charge in [0.15, 0.2) is 0 Å². The monoisotopic (exact) mass is 448 g/mol. The standard InChI is InChI=1S/C27H32N2O2S/c1-20-14-17-32-26(20)27(30)28-18-21(2)31-25-10-8-22(9-11-25)19-29-15-12-24(13-16-29)23-6-4-3-5-7-23/h3-11,14,17,21,24H,12-13,15-16,18-19H2,1-2H3,(H,28,30)/t21-/m0/s1. The van der Waals surface area contributed by atoms with Crippen LogP contribution in [-0.4, -0.2) is 36.5 Å². The molecule has 1 aliphatic rings. The summed E-state index contributed by atoms with van der Waals surface area (Å²) in [6, 6.07) is 21.2. The van der Waals surface area contributed by atoms with E-state index in [0.717, 1.165) is 35.8 Å². The fourth-order valence-electron chi connectivity index (χ4n) is 4.28. The molecule has 0 bridgehead atoms. The summed E-state index contributed by atoms with van der Waals surface area (Å²) in [4.78, 5) is 15.6. The van der Waals surface area contributed by atoms with Gasteiger partial charge in [0, 0.05) is 6.54 Å². The van der Waals surface area contributed by atoms with Crippen LogP contribution in [0.3, 0.4) is 0 Å². The van der Waals surface area contributed by atoms with Crippen molar-refractivity contribution in [3.05, 3.63) is 87.6 Å². The minimum Gasteiger partial charge on any atom is -0.489 e. The Bertz CT molecular complexity index is 992. The third-order valence-electron chi connectivity index (χ3n) is 6.14. The van der Waals surface area contributed by atoms with Gasteiger partial charge in [0.25, 0.3) is 5.91 Å². The van der Waals surface area contributed by atoms with Crippen LogP contribution in [0.2, 0.25) is 0 Å². The first kappa shape index (κ1) is 22.6. The Hall–Kier alpha value is -2.63. The van der Waals surface area contributed by atoms with Crippen molar-refractivity contribution < 1.29 is 9.53 Å². The molecule has 0 saturated carbocycles. The first-order chi connectivity index (χ1) is 15.6. The van der Waals surface area contributed by atoms with Crippen LogP contribution in [0.15, 0.2) is 66.0 Å². The number of thiophene rings is 1. The van der Waals surface area contributed by atoms with Gasteiger partial charge in [0.2, 0.25) is 0 Å². The van der Waals surface area contributed by atoms with Gasteiger partial charge in [-0.25, -0.2) is 0 Å². The first-order valence-electron chi connectivity index (χ1n) is 11.4. The zero-order valence-corrected chi connectivity index (χ0v) is 19.7. The van der Waals surface area contributed by atoms with E-state index in [1.54, 1.807) is 0 Å². The number of hydrogen-bond donors (Lipinski definition) is 1. The number of ether oxygens (including phenoxy) is 1. The molecule has 32 heavy (non-hydrogen) atoms. The number of piperidine rings is 1. The van der Waals surface area contributed by atoms with E-state index < -0.39 is 0 Å². The molecule has 4 rings (SSSR count). The second kappa shape index (κ2) is 10.8. The molecule has 0 aliphatic carbocycles. The summed E-state index contributed by atoms with van der Waals surface area (Å²) in [6.45, 7) is 7.67. The summed E-state index contributed by atoms with van der Waals surface area (Å²) >= 11 is 1.47. The molecule has 1 aromatic heterocycles. The van der Waals surface area contributed by atoms with E-state index in [2.05, 4.69) is 52.7 Å². The molecule has 2 heterocycles. The number of carbonyl (C=O) groups excluding carboxylic acids is 1. The van der Waals surface area contributed by atoms with E-state index in [9.17, 15) is 4.79 Å². The Balaban J connectivity index is 1.20. The second-order valence-electron chi connectivity index (χ2n) is 8.68. The average molecular weight is 449 g/mol. The number of nitrogens with one attached hydrogen (secondary N) is 1. The number of hydrogen-bond acceptors (Lipinski definition) is 4. The van der Waals surface area contributed by atoms with E-state index >= 15 is 0 Å². The third-order valence-corrected chi connectivity index (χ3v) is 7.16. The highest BCUT2D eigenvalue weighted by molar-refractivity contribution is 7.12. The van der Waals surface area contributed by atoms with Crippen LogP contribution in [0.5, 0.6) is 5.75 Å². The van der Waals surface area contributed by atoms with E-state index in [0.29, 0.717) is 12.5 Å². The topological polar surface area (TPSA) is 41.6 Å². The van der Waals surface area contributed by atoms with Crippen LogP contribution >= 0.6 is 11.3 Å². The molecule has 3 aromatic rings. The lowest BCUT2D eigenvalue weighted by Crippen LogP contribution is -2.33. The molecule has 1 saturated heterocycles. The molecule has 5 heteroatoms. The van der Waals surface area contributed by atoms with Gasteiger partial charge < -0.3 is 10.1 Å². The van der Waals surface area contributed by atoms with Gasteiger partial charge in [-0.05, 0) is 86.0 Å². The van der Waals surface area contributed by atoms with Crippen molar-refractivity contribution in [1.82, 2.24) is 10.2 Å². The van der Waals surface area contributed by atoms with Crippen LogP contribution in [-0.2, 0) is 6.54 Å². The number of amides is 1. The van der Waals surface area contributed by atoms with E-state index in [-0.39, 0.29) is 12.0 Å². The van der Waals surface area contributed by atoms with Crippen LogP contribution < -0.4 is 10.1 Å². The van der Waals surface area contributed by atoms with Gasteiger partial charge in [0.1, 0.15) is 11.9 Å². The molecule has 1 fully saturated rings. The van der Waals surface area contributed by atoms with Gasteiger partial charge in [-0.15, -0.1) is 11.3 Å². The summed E-state index contributed by atoms with van der Waals surface area (Å²) < 4.78 is 6.00. The van der Waals surface area contributed by atoms with Crippen molar-refractivity contribution in [3.63, 3.8) is 0 Å². The SMILES string of the molecule is Cc1ccsc1C(=O)NC[C@H](C)Oc1ccc(CN2CCC(c3ccccc3)CC2)cc1. The lowest BCUT2D eigenvalue weighted by molar-refractivity contribution is 0.0935. The molecular weight excluding hydrogens is 416 g/mol. The Morgan fingerprint density at radius 3 is 2.47 bits per heavy atom. The van der Waals surface area contributed by atoms with Crippen molar-refractivity contribution >= 4 is 17.2 Å². The van der Waals surface area contributed by atoms with Crippen molar-refractivity contribution in [2.24, 2.45) is 0 Å². The lowest BCUT2D eigenvalue weighted by Gasteiger charge is -2.32. The molecule has 168 valence electrons. The van der Waals surface area contributed by atoms with Crippen molar-refractivity contribution in [2.45, 2.75) is 45.3 Å². The molecule has 0 spiro atoms. The normalized spacial score (nSPS) is 15.9. The van der Waals surface area contributed by atoms with Crippen LogP contribution in [0.4, 0.5) is 0 Å². The highest BCUT2D eigenvalue weighted by Crippen LogP contribution is 2.28. The van der Waals surface area contributed by atoms with Crippen LogP contribution in [0, 0.1) is 6.92 Å². The average Bonchev–Trinajstić information content (AvgIpc) is 3.26. The summed E-state index contributed by atoms with van der Waals surface area (Å²) in [7, 11) is 0. The number of nitrogens with zero attached hydrogens (tertiary/aromatic N) is 1. The Labute approximate surface area is 195 Å². The molecule has 0 radical (unpaired) electrons. The van der Waals surface area contributed by atoms with Gasteiger partial charge in [0.05, 0.1) is 11.4 Å². The number of rotatable bonds is 8. The molecule has 2 aromatic carbocycles. The maximum absolute atomic E-state index is 12.3. The maximum Gasteiger partial charge on any atom is 0.261 e. The summed E-state index contributed by atoms with van der Waals surface area (Å²) in [5.41, 5.74) is 3.80. The van der Waals surface area contributed by atoms with E-state index in [1.807, 2.05) is 37.4 Å². The Kier molecular flexibility index (Phi) is 7.61. The summed E-state index contributed by atoms with van der Waals surface area (Å²) in [5.74, 6) is 1.50. The number of aryl methyl sites for hydroxylation is 1. The molecule has 1 atom stereocenters. The van der Waals surface area contributed by atoms with E-state index in [1.165, 1.54) is 35.3 Å². The smallest absolute Gasteiger partial charge is 0.261 e. The van der Waals surface area contributed by atoms with Crippen LogP contribution in [0.25, 0.3) is 0 Å². The van der Waals surface area contributed by atoms with Crippen molar-refractivity contribution in [2.75, 3.05) is 19.6 Å². The lowest BCUT2D eigenvalue weighted by atomic mass is 9.89. The van der Waals surface area contributed by atoms with Crippen LogP contribution in [0.1, 0.15) is 52.0 Å². The molecule has 4 nitrogen and oxygen atoms in total. The largest absolute Gasteiger partial charge is 0.489 e. The number of benzene rings is 2. The maximum atomic E-state index is 12.3. The van der Waals surface area contributed by atoms with Gasteiger partial charge in [-0.2, -0.15) is 0 Å². The zero-order valence-electron chi connectivity index (χ0n) is 18.9. The van der Waals surface area contributed by atoms with Crippen molar-refractivity contribution in [3.8, 4) is 5.75 Å². The number of carbonyl (C=O) groups is 1. The second-order valence-corrected chi connectivity index (χ2v) is 9.59. The number of likely N-dealkylation sites (tertiary alicyclic amines) is 1. The molecule has 0 unspecified atom stereocenters. The minimum absolute atomic E-state index is 0.0284. The zero-order chi connectivity index (χ0) is 22.3. The van der Waals surface area contributed by atoms with Crippen molar-refractivity contribution in [1.29, 1.82) is 0 Å². The van der Waals surface area contributed by atoms with Gasteiger partial charge in [-0.1, -0.05) is 42.5 Å². The van der Waals surface area contributed by atoms with Gasteiger partial charge in [-0.3, -0.25) is 9.69 Å². The molecule has 1 aliphatic heterocycles. The molecular formula is C27H32N2O2S. The molecule has 1 amide bonds. The van der Waals surface area contributed by atoms with E-state index in [4.69, 9.17) is 4.74 Å². The first-order valence-corrected chi connectivity index (χ1v) is 12.3. The highest BCUT2D eigenvalue weighted by atomic mass is 32.1. The fourth-order valence-corrected chi connectivity index (χ4v) is 5.12. The molecule has 1 N–H and O–H groups in total.